The van der Waals surface area contributed by atoms with Crippen molar-refractivity contribution in [2.75, 3.05) is 0 Å². The lowest BCUT2D eigenvalue weighted by Gasteiger charge is -2.09. The molecule has 0 fully saturated rings. The molecule has 0 aliphatic carbocycles. The number of nitrogens with zero attached hydrogens (tertiary/aromatic N) is 3. The number of benzene rings is 1. The Bertz CT molecular complexity index is 591. The van der Waals surface area contributed by atoms with E-state index in [2.05, 4.69) is 10.1 Å². The molecular formula is C11H11FN4S. The molecule has 1 aromatic heterocycles. The minimum absolute atomic E-state index is 0.00523. The Hall–Kier alpha value is -1.82. The van der Waals surface area contributed by atoms with Gasteiger partial charge in [-0.25, -0.2) is 14.1 Å². The molecule has 6 heteroatoms. The summed E-state index contributed by atoms with van der Waals surface area (Å²) in [4.78, 5) is 4.17. The fourth-order valence-electron chi connectivity index (χ4n) is 1.68. The van der Waals surface area contributed by atoms with Crippen LogP contribution in [0, 0.1) is 19.7 Å². The van der Waals surface area contributed by atoms with E-state index in [1.54, 1.807) is 26.0 Å². The quantitative estimate of drug-likeness (QED) is 0.823. The number of nitrogens with two attached hydrogens (primary N) is 1. The minimum atomic E-state index is -0.456. The molecular weight excluding hydrogens is 239 g/mol. The van der Waals surface area contributed by atoms with Gasteiger partial charge in [0.1, 0.15) is 22.5 Å². The van der Waals surface area contributed by atoms with Crippen molar-refractivity contribution in [1.29, 1.82) is 0 Å². The zero-order valence-corrected chi connectivity index (χ0v) is 10.3. The highest BCUT2D eigenvalue weighted by Gasteiger charge is 2.15. The van der Waals surface area contributed by atoms with Crippen LogP contribution >= 0.6 is 12.2 Å². The molecule has 0 aliphatic heterocycles. The smallest absolute Gasteiger partial charge is 0.148 e. The SMILES string of the molecule is Cc1nc(C)n(-c2cccc(F)c2C(N)=S)n1. The van der Waals surface area contributed by atoms with Crippen molar-refractivity contribution < 1.29 is 4.39 Å². The zero-order chi connectivity index (χ0) is 12.6. The van der Waals surface area contributed by atoms with E-state index in [-0.39, 0.29) is 10.6 Å². The monoisotopic (exact) mass is 250 g/mol. The van der Waals surface area contributed by atoms with Crippen LogP contribution in [0.4, 0.5) is 4.39 Å². The zero-order valence-electron chi connectivity index (χ0n) is 9.44. The summed E-state index contributed by atoms with van der Waals surface area (Å²) in [6.07, 6.45) is 0. The van der Waals surface area contributed by atoms with Gasteiger partial charge >= 0.3 is 0 Å². The predicted octanol–water partition coefficient (Wildman–Crippen LogP) is 1.66. The standard InChI is InChI=1S/C11H11FN4S/c1-6-14-7(2)16(15-6)9-5-3-4-8(12)10(9)11(13)17/h3-5H,1-2H3,(H2,13,17). The van der Waals surface area contributed by atoms with Crippen LogP contribution in [0.3, 0.4) is 0 Å². The molecule has 17 heavy (non-hydrogen) atoms. The first-order valence-corrected chi connectivity index (χ1v) is 5.40. The Morgan fingerprint density at radius 2 is 2.12 bits per heavy atom. The van der Waals surface area contributed by atoms with Gasteiger partial charge in [0.05, 0.1) is 11.3 Å². The molecule has 0 saturated heterocycles. The Balaban J connectivity index is 2.71. The second kappa shape index (κ2) is 4.21. The molecule has 0 saturated carbocycles. The maximum atomic E-state index is 13.7. The second-order valence-corrected chi connectivity index (χ2v) is 4.06. The molecule has 0 atom stereocenters. The van der Waals surface area contributed by atoms with Gasteiger partial charge in [-0.15, -0.1) is 0 Å². The van der Waals surface area contributed by atoms with Crippen molar-refractivity contribution >= 4 is 17.2 Å². The lowest BCUT2D eigenvalue weighted by Crippen LogP contribution is -2.16. The molecule has 0 unspecified atom stereocenters. The van der Waals surface area contributed by atoms with E-state index in [4.69, 9.17) is 18.0 Å². The Morgan fingerprint density at radius 1 is 1.41 bits per heavy atom. The van der Waals surface area contributed by atoms with Crippen LogP contribution in [0.15, 0.2) is 18.2 Å². The van der Waals surface area contributed by atoms with Gasteiger partial charge < -0.3 is 5.73 Å². The van der Waals surface area contributed by atoms with E-state index >= 15 is 0 Å². The summed E-state index contributed by atoms with van der Waals surface area (Å²) in [5.41, 5.74) is 6.24. The van der Waals surface area contributed by atoms with Crippen LogP contribution in [0.5, 0.6) is 0 Å². The van der Waals surface area contributed by atoms with Crippen LogP contribution < -0.4 is 5.73 Å². The molecule has 0 amide bonds. The Kier molecular flexibility index (Phi) is 2.89. The molecule has 0 spiro atoms. The van der Waals surface area contributed by atoms with E-state index in [1.165, 1.54) is 10.7 Å². The lowest BCUT2D eigenvalue weighted by atomic mass is 10.1. The first-order chi connectivity index (χ1) is 8.00. The third kappa shape index (κ3) is 2.03. The maximum absolute atomic E-state index is 13.7. The number of halogens is 1. The van der Waals surface area contributed by atoms with Gasteiger partial charge in [0.15, 0.2) is 0 Å². The van der Waals surface area contributed by atoms with E-state index in [9.17, 15) is 4.39 Å². The molecule has 2 rings (SSSR count). The number of hydrogen-bond donors (Lipinski definition) is 1. The van der Waals surface area contributed by atoms with Gasteiger partial charge in [0.2, 0.25) is 0 Å². The van der Waals surface area contributed by atoms with Crippen LogP contribution in [-0.2, 0) is 0 Å². The average Bonchev–Trinajstić information content (AvgIpc) is 2.56. The van der Waals surface area contributed by atoms with Crippen molar-refractivity contribution in [3.05, 3.63) is 41.2 Å². The summed E-state index contributed by atoms with van der Waals surface area (Å²) in [7, 11) is 0. The van der Waals surface area contributed by atoms with Gasteiger partial charge in [-0.05, 0) is 26.0 Å². The van der Waals surface area contributed by atoms with Crippen molar-refractivity contribution in [2.24, 2.45) is 5.73 Å². The molecule has 0 bridgehead atoms. The van der Waals surface area contributed by atoms with E-state index in [1.807, 2.05) is 0 Å². The topological polar surface area (TPSA) is 56.7 Å². The van der Waals surface area contributed by atoms with Gasteiger partial charge in [-0.3, -0.25) is 0 Å². The summed E-state index contributed by atoms with van der Waals surface area (Å²) in [5.74, 6) is 0.814. The maximum Gasteiger partial charge on any atom is 0.148 e. The fraction of sp³-hybridized carbons (Fsp3) is 0.182. The molecule has 88 valence electrons. The molecule has 0 radical (unpaired) electrons. The minimum Gasteiger partial charge on any atom is -0.389 e. The summed E-state index contributed by atoms with van der Waals surface area (Å²) >= 11 is 4.86. The number of thiocarbonyl (C=S) groups is 1. The third-order valence-corrected chi connectivity index (χ3v) is 2.55. The van der Waals surface area contributed by atoms with Gasteiger partial charge in [0.25, 0.3) is 0 Å². The Labute approximate surface area is 103 Å². The molecule has 1 heterocycles. The predicted molar refractivity (Wildman–Crippen MR) is 66.7 cm³/mol. The highest BCUT2D eigenvalue weighted by Crippen LogP contribution is 2.18. The van der Waals surface area contributed by atoms with Crippen molar-refractivity contribution in [3.63, 3.8) is 0 Å². The highest BCUT2D eigenvalue weighted by atomic mass is 32.1. The molecule has 2 aromatic rings. The van der Waals surface area contributed by atoms with Crippen LogP contribution in [0.25, 0.3) is 5.69 Å². The van der Waals surface area contributed by atoms with Crippen molar-refractivity contribution in [3.8, 4) is 5.69 Å². The van der Waals surface area contributed by atoms with Crippen molar-refractivity contribution in [1.82, 2.24) is 14.8 Å². The number of hydrogen-bond acceptors (Lipinski definition) is 3. The summed E-state index contributed by atoms with van der Waals surface area (Å²) in [5, 5.41) is 4.19. The second-order valence-electron chi connectivity index (χ2n) is 3.62. The molecule has 0 aliphatic rings. The number of aromatic nitrogens is 3. The normalized spacial score (nSPS) is 10.5. The van der Waals surface area contributed by atoms with Crippen LogP contribution in [-0.4, -0.2) is 19.8 Å². The fourth-order valence-corrected chi connectivity index (χ4v) is 1.88. The van der Waals surface area contributed by atoms with E-state index in [0.29, 0.717) is 17.3 Å². The van der Waals surface area contributed by atoms with Gasteiger partial charge in [-0.2, -0.15) is 5.10 Å². The summed E-state index contributed by atoms with van der Waals surface area (Å²) < 4.78 is 15.2. The van der Waals surface area contributed by atoms with Crippen LogP contribution in [0.1, 0.15) is 17.2 Å². The van der Waals surface area contributed by atoms with Crippen molar-refractivity contribution in [2.45, 2.75) is 13.8 Å². The van der Waals surface area contributed by atoms with Gasteiger partial charge in [-0.1, -0.05) is 18.3 Å². The number of rotatable bonds is 2. The first kappa shape index (κ1) is 11.7. The number of aryl methyl sites for hydroxylation is 2. The lowest BCUT2D eigenvalue weighted by molar-refractivity contribution is 0.622. The molecule has 2 N–H and O–H groups in total. The largest absolute Gasteiger partial charge is 0.389 e. The molecule has 1 aromatic carbocycles. The van der Waals surface area contributed by atoms with E-state index < -0.39 is 5.82 Å². The average molecular weight is 250 g/mol. The summed E-state index contributed by atoms with van der Waals surface area (Å²) in [6.45, 7) is 3.55. The first-order valence-electron chi connectivity index (χ1n) is 4.99. The summed E-state index contributed by atoms with van der Waals surface area (Å²) in [6, 6.07) is 4.61. The highest BCUT2D eigenvalue weighted by molar-refractivity contribution is 7.80. The van der Waals surface area contributed by atoms with E-state index in [0.717, 1.165) is 0 Å². The third-order valence-electron chi connectivity index (χ3n) is 2.34. The van der Waals surface area contributed by atoms with Gasteiger partial charge in [0, 0.05) is 0 Å². The molecule has 4 nitrogen and oxygen atoms in total. The van der Waals surface area contributed by atoms with Crippen LogP contribution in [0.2, 0.25) is 0 Å². The Morgan fingerprint density at radius 3 is 2.65 bits per heavy atom.